The van der Waals surface area contributed by atoms with E-state index in [1.807, 2.05) is 0 Å². The van der Waals surface area contributed by atoms with Gasteiger partial charge in [-0.25, -0.2) is 22.4 Å². The summed E-state index contributed by atoms with van der Waals surface area (Å²) in [4.78, 5) is 11.3. The highest BCUT2D eigenvalue weighted by Gasteiger charge is 2.75. The van der Waals surface area contributed by atoms with Crippen molar-refractivity contribution < 1.29 is 27.1 Å². The van der Waals surface area contributed by atoms with Gasteiger partial charge in [-0.15, -0.1) is 0 Å². The predicted molar refractivity (Wildman–Crippen MR) is 58.4 cm³/mol. The van der Waals surface area contributed by atoms with Crippen molar-refractivity contribution in [2.75, 3.05) is 0 Å². The standard InChI is InChI=1S/C13H14F4O2/c1-2-8(18)19-13-5-12(17)4-6(9(13)14)3-7(10(12)15)11(13)16/h2,6-7,9-11H,1,3-5H2. The molecule has 0 N–H and O–H groups in total. The van der Waals surface area contributed by atoms with Gasteiger partial charge in [0.1, 0.15) is 24.2 Å². The first-order chi connectivity index (χ1) is 8.84. The van der Waals surface area contributed by atoms with Gasteiger partial charge in [0.2, 0.25) is 0 Å². The summed E-state index contributed by atoms with van der Waals surface area (Å²) in [5.74, 6) is -3.03. The molecule has 4 fully saturated rings. The lowest BCUT2D eigenvalue weighted by atomic mass is 9.50. The summed E-state index contributed by atoms with van der Waals surface area (Å²) < 4.78 is 62.0. The van der Waals surface area contributed by atoms with E-state index in [-0.39, 0.29) is 12.8 Å². The third-order valence-corrected chi connectivity index (χ3v) is 4.80. The zero-order chi connectivity index (χ0) is 14.0. The van der Waals surface area contributed by atoms with Gasteiger partial charge in [0.25, 0.3) is 0 Å². The predicted octanol–water partition coefficient (Wildman–Crippen LogP) is 2.62. The molecule has 7 atom stereocenters. The van der Waals surface area contributed by atoms with Crippen LogP contribution in [0.4, 0.5) is 17.6 Å². The number of ether oxygens (including phenoxy) is 1. The van der Waals surface area contributed by atoms with Crippen LogP contribution in [0.25, 0.3) is 0 Å². The molecule has 0 amide bonds. The summed E-state index contributed by atoms with van der Waals surface area (Å²) in [6.07, 6.45) is -6.05. The van der Waals surface area contributed by atoms with E-state index in [2.05, 4.69) is 6.58 Å². The number of carbonyl (C=O) groups excluding carboxylic acids is 1. The first kappa shape index (κ1) is 12.9. The summed E-state index contributed by atoms with van der Waals surface area (Å²) in [6, 6.07) is 0. The second kappa shape index (κ2) is 3.73. The van der Waals surface area contributed by atoms with Crippen LogP contribution in [0.2, 0.25) is 0 Å². The molecule has 4 rings (SSSR count). The van der Waals surface area contributed by atoms with Gasteiger partial charge in [0.15, 0.2) is 5.60 Å². The highest BCUT2D eigenvalue weighted by molar-refractivity contribution is 5.81. The topological polar surface area (TPSA) is 26.3 Å². The number of carbonyl (C=O) groups is 1. The van der Waals surface area contributed by atoms with Crippen molar-refractivity contribution >= 4 is 5.97 Å². The minimum Gasteiger partial charge on any atom is -0.450 e. The van der Waals surface area contributed by atoms with Crippen LogP contribution < -0.4 is 0 Å². The van der Waals surface area contributed by atoms with Crippen LogP contribution in [0.5, 0.6) is 0 Å². The van der Waals surface area contributed by atoms with Crippen molar-refractivity contribution in [2.45, 2.75) is 49.0 Å². The van der Waals surface area contributed by atoms with Gasteiger partial charge in [-0.05, 0) is 18.8 Å². The van der Waals surface area contributed by atoms with E-state index in [4.69, 9.17) is 4.74 Å². The lowest BCUT2D eigenvalue weighted by Gasteiger charge is -2.61. The van der Waals surface area contributed by atoms with Crippen LogP contribution in [0.3, 0.4) is 0 Å². The van der Waals surface area contributed by atoms with E-state index in [0.717, 1.165) is 6.08 Å². The fourth-order valence-electron chi connectivity index (χ4n) is 4.09. The molecule has 4 aliphatic rings. The molecule has 106 valence electrons. The lowest BCUT2D eigenvalue weighted by Crippen LogP contribution is -2.75. The molecular weight excluding hydrogens is 264 g/mol. The van der Waals surface area contributed by atoms with Crippen molar-refractivity contribution in [2.24, 2.45) is 11.8 Å². The number of halogens is 4. The summed E-state index contributed by atoms with van der Waals surface area (Å²) in [5.41, 5.74) is -4.48. The summed E-state index contributed by atoms with van der Waals surface area (Å²) in [5, 5.41) is 0. The maximum atomic E-state index is 14.5. The Morgan fingerprint density at radius 2 is 1.95 bits per heavy atom. The fourth-order valence-corrected chi connectivity index (χ4v) is 4.09. The summed E-state index contributed by atoms with van der Waals surface area (Å²) in [6.45, 7) is 3.15. The third kappa shape index (κ3) is 1.45. The zero-order valence-electron chi connectivity index (χ0n) is 10.1. The average molecular weight is 278 g/mol. The van der Waals surface area contributed by atoms with E-state index in [9.17, 15) is 22.4 Å². The molecule has 7 unspecified atom stereocenters. The Hall–Kier alpha value is -1.07. The Morgan fingerprint density at radius 1 is 1.26 bits per heavy atom. The molecule has 4 bridgehead atoms. The molecule has 6 heteroatoms. The molecule has 0 saturated heterocycles. The highest BCUT2D eigenvalue weighted by atomic mass is 19.2. The first-order valence-corrected chi connectivity index (χ1v) is 6.30. The van der Waals surface area contributed by atoms with Crippen LogP contribution in [0.1, 0.15) is 19.3 Å². The third-order valence-electron chi connectivity index (χ3n) is 4.80. The van der Waals surface area contributed by atoms with E-state index < -0.39 is 54.0 Å². The van der Waals surface area contributed by atoms with Gasteiger partial charge in [-0.3, -0.25) is 0 Å². The van der Waals surface area contributed by atoms with Crippen molar-refractivity contribution in [3.63, 3.8) is 0 Å². The quantitative estimate of drug-likeness (QED) is 0.441. The fraction of sp³-hybridized carbons (Fsp3) is 0.769. The van der Waals surface area contributed by atoms with E-state index >= 15 is 0 Å². The number of hydrogen-bond donors (Lipinski definition) is 0. The van der Waals surface area contributed by atoms with E-state index in [1.165, 1.54) is 0 Å². The average Bonchev–Trinajstić information content (AvgIpc) is 2.36. The smallest absolute Gasteiger partial charge is 0.330 e. The van der Waals surface area contributed by atoms with Crippen LogP contribution in [-0.4, -0.2) is 35.8 Å². The second-order valence-corrected chi connectivity index (χ2v) is 5.86. The maximum Gasteiger partial charge on any atom is 0.330 e. The molecule has 0 aromatic heterocycles. The Morgan fingerprint density at radius 3 is 2.58 bits per heavy atom. The van der Waals surface area contributed by atoms with Gasteiger partial charge in [-0.1, -0.05) is 6.58 Å². The van der Waals surface area contributed by atoms with Gasteiger partial charge in [0, 0.05) is 18.4 Å². The Kier molecular flexibility index (Phi) is 2.54. The summed E-state index contributed by atoms with van der Waals surface area (Å²) in [7, 11) is 0. The highest BCUT2D eigenvalue weighted by Crippen LogP contribution is 2.63. The largest absolute Gasteiger partial charge is 0.450 e. The van der Waals surface area contributed by atoms with Crippen LogP contribution in [0.15, 0.2) is 12.7 Å². The minimum absolute atomic E-state index is 0.0391. The van der Waals surface area contributed by atoms with Crippen LogP contribution in [0, 0.1) is 11.8 Å². The van der Waals surface area contributed by atoms with Crippen LogP contribution >= 0.6 is 0 Å². The van der Waals surface area contributed by atoms with E-state index in [0.29, 0.717) is 0 Å². The van der Waals surface area contributed by atoms with Gasteiger partial charge < -0.3 is 4.74 Å². The van der Waals surface area contributed by atoms with E-state index in [1.54, 1.807) is 0 Å². The Balaban J connectivity index is 2.02. The monoisotopic (exact) mass is 278 g/mol. The molecule has 0 aromatic rings. The number of alkyl halides is 4. The normalized spacial score (nSPS) is 55.1. The molecule has 19 heavy (non-hydrogen) atoms. The molecule has 0 aliphatic heterocycles. The summed E-state index contributed by atoms with van der Waals surface area (Å²) >= 11 is 0. The molecule has 4 aliphatic carbocycles. The molecule has 4 saturated carbocycles. The number of esters is 1. The molecule has 0 aromatic carbocycles. The lowest BCUT2D eigenvalue weighted by molar-refractivity contribution is -0.279. The van der Waals surface area contributed by atoms with Gasteiger partial charge in [0.05, 0.1) is 0 Å². The zero-order valence-corrected chi connectivity index (χ0v) is 10.1. The second-order valence-electron chi connectivity index (χ2n) is 5.86. The van der Waals surface area contributed by atoms with Crippen molar-refractivity contribution in [3.8, 4) is 0 Å². The van der Waals surface area contributed by atoms with Crippen LogP contribution in [-0.2, 0) is 9.53 Å². The first-order valence-electron chi connectivity index (χ1n) is 6.30. The Bertz CT molecular complexity index is 442. The van der Waals surface area contributed by atoms with Crippen molar-refractivity contribution in [3.05, 3.63) is 12.7 Å². The van der Waals surface area contributed by atoms with Crippen molar-refractivity contribution in [1.29, 1.82) is 0 Å². The molecule has 2 nitrogen and oxygen atoms in total. The Labute approximate surface area is 107 Å². The molecule has 0 heterocycles. The molecule has 0 spiro atoms. The van der Waals surface area contributed by atoms with Gasteiger partial charge in [-0.2, -0.15) is 0 Å². The van der Waals surface area contributed by atoms with Crippen molar-refractivity contribution in [1.82, 2.24) is 0 Å². The molecule has 0 radical (unpaired) electrons. The molecular formula is C13H14F4O2. The number of hydrogen-bond acceptors (Lipinski definition) is 2. The van der Waals surface area contributed by atoms with Gasteiger partial charge >= 0.3 is 5.97 Å². The SMILES string of the molecule is C=CC(=O)OC12CC3(F)CC(CC(C3F)C1F)C2F. The maximum absolute atomic E-state index is 14.5. The number of rotatable bonds is 2. The minimum atomic E-state index is -2.29.